The third kappa shape index (κ3) is 4.93. The number of thiophene rings is 1. The van der Waals surface area contributed by atoms with E-state index in [4.69, 9.17) is 9.47 Å². The second-order valence-electron chi connectivity index (χ2n) is 8.93. The number of allylic oxidation sites excluding steroid dienone is 3. The lowest BCUT2D eigenvalue weighted by molar-refractivity contribution is -0.140. The number of phenols is 1. The van der Waals surface area contributed by atoms with Gasteiger partial charge < -0.3 is 19.9 Å². The number of nitrogens with one attached hydrogen (secondary N) is 1. The van der Waals surface area contributed by atoms with Gasteiger partial charge in [-0.05, 0) is 54.6 Å². The third-order valence-electron chi connectivity index (χ3n) is 6.53. The van der Waals surface area contributed by atoms with Gasteiger partial charge in [0.2, 0.25) is 0 Å². The Labute approximate surface area is 213 Å². The summed E-state index contributed by atoms with van der Waals surface area (Å²) < 4.78 is 11.2. The number of ether oxygens (including phenoxy) is 2. The van der Waals surface area contributed by atoms with E-state index in [1.165, 1.54) is 4.88 Å². The molecule has 0 saturated heterocycles. The number of para-hydroxylation sites is 1. The average molecular weight is 502 g/mol. The van der Waals surface area contributed by atoms with Gasteiger partial charge in [-0.1, -0.05) is 36.4 Å². The van der Waals surface area contributed by atoms with Gasteiger partial charge in [-0.2, -0.15) is 0 Å². The zero-order valence-corrected chi connectivity index (χ0v) is 20.7. The first-order valence-corrected chi connectivity index (χ1v) is 12.8. The summed E-state index contributed by atoms with van der Waals surface area (Å²) in [5, 5.41) is 15.6. The van der Waals surface area contributed by atoms with Crippen LogP contribution in [0.15, 0.2) is 94.7 Å². The van der Waals surface area contributed by atoms with E-state index in [0.29, 0.717) is 41.0 Å². The van der Waals surface area contributed by atoms with Crippen molar-refractivity contribution in [3.05, 3.63) is 105 Å². The predicted molar refractivity (Wildman–Crippen MR) is 138 cm³/mol. The number of rotatable bonds is 7. The number of aromatic hydroxyl groups is 1. The molecule has 0 fully saturated rings. The molecule has 2 N–H and O–H groups in total. The molecule has 7 heteroatoms. The van der Waals surface area contributed by atoms with Crippen molar-refractivity contribution in [1.29, 1.82) is 0 Å². The molecule has 0 radical (unpaired) electrons. The first kappa shape index (κ1) is 23.9. The fourth-order valence-corrected chi connectivity index (χ4v) is 5.79. The summed E-state index contributed by atoms with van der Waals surface area (Å²) in [5.41, 5.74) is 3.11. The van der Waals surface area contributed by atoms with Crippen LogP contribution in [0.25, 0.3) is 0 Å². The Balaban J connectivity index is 1.41. The zero-order valence-electron chi connectivity index (χ0n) is 19.9. The Morgan fingerprint density at radius 1 is 1.06 bits per heavy atom. The number of Topliss-reactive ketones (excluding diaryl/α,β-unsaturated/α-hetero) is 1. The summed E-state index contributed by atoms with van der Waals surface area (Å²) in [5.74, 6) is -0.249. The van der Waals surface area contributed by atoms with Gasteiger partial charge in [0.05, 0.1) is 5.57 Å². The van der Waals surface area contributed by atoms with E-state index in [0.717, 1.165) is 5.70 Å². The van der Waals surface area contributed by atoms with Gasteiger partial charge in [0.1, 0.15) is 24.7 Å². The van der Waals surface area contributed by atoms with Gasteiger partial charge in [0, 0.05) is 40.1 Å². The Morgan fingerprint density at radius 2 is 1.89 bits per heavy atom. The summed E-state index contributed by atoms with van der Waals surface area (Å²) in [6.07, 6.45) is 1.06. The van der Waals surface area contributed by atoms with Crippen molar-refractivity contribution in [2.45, 2.75) is 31.6 Å². The molecule has 2 heterocycles. The van der Waals surface area contributed by atoms with E-state index >= 15 is 0 Å². The summed E-state index contributed by atoms with van der Waals surface area (Å²) in [4.78, 5) is 28.1. The Bertz CT molecular complexity index is 1330. The molecule has 184 valence electrons. The number of hydrogen-bond acceptors (Lipinski definition) is 7. The Hall–Kier alpha value is -3.84. The van der Waals surface area contributed by atoms with Crippen molar-refractivity contribution < 1.29 is 24.2 Å². The summed E-state index contributed by atoms with van der Waals surface area (Å²) >= 11 is 1.65. The van der Waals surface area contributed by atoms with Gasteiger partial charge in [0.15, 0.2) is 5.78 Å². The molecule has 3 aromatic rings. The fourth-order valence-electron chi connectivity index (χ4n) is 4.96. The standard InChI is InChI=1S/C29H27NO5S/c1-18-26(29(33)35-13-12-34-22-9-3-2-4-10-22)27(19-7-5-8-21(31)15-19)28-23(30-18)16-20(17-24(28)32)25-11-6-14-36-25/h2-11,14-15,20,27,30-31H,12-13,16-17H2,1H3/t20-,27+/m0/s1. The largest absolute Gasteiger partial charge is 0.508 e. The molecule has 0 amide bonds. The van der Waals surface area contributed by atoms with Crippen LogP contribution in [-0.4, -0.2) is 30.1 Å². The van der Waals surface area contributed by atoms with Crippen molar-refractivity contribution in [2.75, 3.05) is 13.2 Å². The van der Waals surface area contributed by atoms with E-state index in [1.54, 1.807) is 29.5 Å². The maximum absolute atomic E-state index is 13.5. The van der Waals surface area contributed by atoms with E-state index in [2.05, 4.69) is 11.4 Å². The number of benzene rings is 2. The molecule has 1 aromatic heterocycles. The molecule has 5 rings (SSSR count). The smallest absolute Gasteiger partial charge is 0.336 e. The predicted octanol–water partition coefficient (Wildman–Crippen LogP) is 5.44. The molecule has 36 heavy (non-hydrogen) atoms. The third-order valence-corrected chi connectivity index (χ3v) is 7.56. The number of dihydropyridines is 1. The SMILES string of the molecule is CC1=C(C(=O)OCCOc2ccccc2)[C@@H](c2cccc(O)c2)C2=C(C[C@H](c3cccs3)CC2=O)N1. The summed E-state index contributed by atoms with van der Waals surface area (Å²) in [6, 6.07) is 20.1. The first-order chi connectivity index (χ1) is 17.5. The van der Waals surface area contributed by atoms with Crippen LogP contribution < -0.4 is 10.1 Å². The number of hydrogen-bond donors (Lipinski definition) is 2. The van der Waals surface area contributed by atoms with Gasteiger partial charge in [-0.25, -0.2) is 4.79 Å². The number of carbonyl (C=O) groups excluding carboxylic acids is 2. The minimum Gasteiger partial charge on any atom is -0.508 e. The molecule has 1 aliphatic heterocycles. The molecule has 2 aromatic carbocycles. The van der Waals surface area contributed by atoms with Crippen LogP contribution in [0, 0.1) is 0 Å². The number of carbonyl (C=O) groups is 2. The molecule has 0 bridgehead atoms. The topological polar surface area (TPSA) is 84.9 Å². The highest BCUT2D eigenvalue weighted by atomic mass is 32.1. The molecule has 2 aliphatic rings. The molecule has 0 saturated carbocycles. The molecule has 2 atom stereocenters. The molecule has 0 unspecified atom stereocenters. The van der Waals surface area contributed by atoms with Gasteiger partial charge in [-0.3, -0.25) is 4.79 Å². The molecule has 6 nitrogen and oxygen atoms in total. The van der Waals surface area contributed by atoms with Crippen molar-refractivity contribution in [2.24, 2.45) is 0 Å². The highest BCUT2D eigenvalue weighted by Crippen LogP contribution is 2.46. The highest BCUT2D eigenvalue weighted by molar-refractivity contribution is 7.10. The second-order valence-corrected chi connectivity index (χ2v) is 9.90. The van der Waals surface area contributed by atoms with Crippen LogP contribution in [0.4, 0.5) is 0 Å². The van der Waals surface area contributed by atoms with Crippen molar-refractivity contribution in [3.8, 4) is 11.5 Å². The number of phenolic OH excluding ortho intramolecular Hbond substituents is 1. The minimum atomic E-state index is -0.618. The highest BCUT2D eigenvalue weighted by Gasteiger charge is 2.41. The number of esters is 1. The fraction of sp³-hybridized carbons (Fsp3) is 0.241. The van der Waals surface area contributed by atoms with E-state index in [9.17, 15) is 14.7 Å². The van der Waals surface area contributed by atoms with Crippen LogP contribution in [0.5, 0.6) is 11.5 Å². The average Bonchev–Trinajstić information content (AvgIpc) is 3.41. The zero-order chi connectivity index (χ0) is 25.1. The second kappa shape index (κ2) is 10.4. The Kier molecular flexibility index (Phi) is 6.91. The van der Waals surface area contributed by atoms with Crippen LogP contribution in [0.3, 0.4) is 0 Å². The van der Waals surface area contributed by atoms with Crippen LogP contribution in [0.1, 0.15) is 42.0 Å². The van der Waals surface area contributed by atoms with Crippen molar-refractivity contribution in [1.82, 2.24) is 5.32 Å². The van der Waals surface area contributed by atoms with Crippen LogP contribution in [0.2, 0.25) is 0 Å². The maximum Gasteiger partial charge on any atom is 0.336 e. The Morgan fingerprint density at radius 3 is 2.64 bits per heavy atom. The van der Waals surface area contributed by atoms with E-state index in [1.807, 2.05) is 54.8 Å². The lowest BCUT2D eigenvalue weighted by Gasteiger charge is -2.36. The van der Waals surface area contributed by atoms with E-state index < -0.39 is 11.9 Å². The van der Waals surface area contributed by atoms with E-state index in [-0.39, 0.29) is 30.7 Å². The monoisotopic (exact) mass is 501 g/mol. The lowest BCUT2D eigenvalue weighted by atomic mass is 9.72. The summed E-state index contributed by atoms with van der Waals surface area (Å²) in [7, 11) is 0. The number of ketones is 1. The molecular formula is C29H27NO5S. The summed E-state index contributed by atoms with van der Waals surface area (Å²) in [6.45, 7) is 2.11. The van der Waals surface area contributed by atoms with Crippen LogP contribution >= 0.6 is 11.3 Å². The van der Waals surface area contributed by atoms with Crippen molar-refractivity contribution in [3.63, 3.8) is 0 Å². The van der Waals surface area contributed by atoms with Crippen molar-refractivity contribution >= 4 is 23.1 Å². The maximum atomic E-state index is 13.5. The van der Waals surface area contributed by atoms with Gasteiger partial charge >= 0.3 is 5.97 Å². The first-order valence-electron chi connectivity index (χ1n) is 11.9. The molecule has 0 spiro atoms. The molecule has 1 aliphatic carbocycles. The quantitative estimate of drug-likeness (QED) is 0.331. The van der Waals surface area contributed by atoms with Crippen LogP contribution in [-0.2, 0) is 14.3 Å². The normalized spacial score (nSPS) is 19.5. The van der Waals surface area contributed by atoms with Gasteiger partial charge in [0.25, 0.3) is 0 Å². The minimum absolute atomic E-state index is 0.000652. The van der Waals surface area contributed by atoms with Gasteiger partial charge in [-0.15, -0.1) is 11.3 Å². The lowest BCUT2D eigenvalue weighted by Crippen LogP contribution is -2.36. The molecular weight excluding hydrogens is 474 g/mol.